The highest BCUT2D eigenvalue weighted by molar-refractivity contribution is 8.00. The number of aromatic hydroxyl groups is 1. The van der Waals surface area contributed by atoms with Crippen LogP contribution < -0.4 is 53.7 Å². The Morgan fingerprint density at radius 3 is 2.06 bits per heavy atom. The highest BCUT2D eigenvalue weighted by Gasteiger charge is 2.42. The van der Waals surface area contributed by atoms with Gasteiger partial charge in [0.1, 0.15) is 23.9 Å². The molecule has 382 valence electrons. The number of nitrogens with one attached hydrogen (secondary N) is 9. The molecule has 7 atom stereocenters. The minimum Gasteiger partial charge on any atom is -0.508 e. The predicted molar refractivity (Wildman–Crippen MR) is 258 cm³/mol. The molecule has 2 heterocycles. The molecule has 0 spiro atoms. The van der Waals surface area contributed by atoms with Gasteiger partial charge in [-0.3, -0.25) is 43.6 Å². The van der Waals surface area contributed by atoms with Crippen molar-refractivity contribution >= 4 is 65.1 Å². The number of hydroxylamine groups is 1. The van der Waals surface area contributed by atoms with Gasteiger partial charge in [0.25, 0.3) is 0 Å². The minimum absolute atomic E-state index is 0.00690. The Kier molecular flexibility index (Phi) is 22.0. The molecule has 1 unspecified atom stereocenters. The third kappa shape index (κ3) is 18.2. The van der Waals surface area contributed by atoms with E-state index in [9.17, 15) is 53.5 Å². The molecular weight excluding hydrogens is 925 g/mol. The van der Waals surface area contributed by atoms with Crippen LogP contribution in [0.4, 0.5) is 4.79 Å². The van der Waals surface area contributed by atoms with Crippen molar-refractivity contribution in [1.82, 2.24) is 48.0 Å². The second-order valence-electron chi connectivity index (χ2n) is 18.2. The van der Waals surface area contributed by atoms with Crippen molar-refractivity contribution in [3.63, 3.8) is 0 Å². The zero-order chi connectivity index (χ0) is 50.4. The summed E-state index contributed by atoms with van der Waals surface area (Å²) in [6.07, 6.45) is 7.79. The first kappa shape index (κ1) is 54.5. The summed E-state index contributed by atoms with van der Waals surface area (Å²) in [6.45, 7) is -0.744. The van der Waals surface area contributed by atoms with E-state index in [1.807, 2.05) is 11.8 Å². The fourth-order valence-electron chi connectivity index (χ4n) is 9.07. The molecule has 1 aliphatic carbocycles. The van der Waals surface area contributed by atoms with Crippen LogP contribution in [0.25, 0.3) is 0 Å². The van der Waals surface area contributed by atoms with Gasteiger partial charge >= 0.3 is 6.03 Å². The van der Waals surface area contributed by atoms with E-state index in [1.165, 1.54) is 12.1 Å². The molecule has 0 radical (unpaired) electrons. The van der Waals surface area contributed by atoms with Crippen molar-refractivity contribution in [2.45, 2.75) is 132 Å². The van der Waals surface area contributed by atoms with Crippen molar-refractivity contribution in [3.8, 4) is 5.75 Å². The fraction of sp³-hybridized carbons (Fsp3) is 0.562. The van der Waals surface area contributed by atoms with Crippen LogP contribution >= 0.6 is 11.8 Å². The first-order chi connectivity index (χ1) is 33.7. The maximum absolute atomic E-state index is 14.2. The fourth-order valence-corrected chi connectivity index (χ4v) is 10.6. The van der Waals surface area contributed by atoms with Gasteiger partial charge in [-0.25, -0.2) is 10.3 Å². The number of hydrogen-bond donors (Lipinski definition) is 12. The Morgan fingerprint density at radius 2 is 1.36 bits per heavy atom. The normalized spacial score (nSPS) is 19.1. The lowest BCUT2D eigenvalue weighted by Crippen LogP contribution is -2.57. The number of primary amides is 1. The van der Waals surface area contributed by atoms with Crippen LogP contribution in [0.2, 0.25) is 0 Å². The molecule has 21 nitrogen and oxygen atoms in total. The van der Waals surface area contributed by atoms with E-state index in [-0.39, 0.29) is 61.4 Å². The van der Waals surface area contributed by atoms with Crippen molar-refractivity contribution in [1.29, 1.82) is 0 Å². The molecule has 1 saturated carbocycles. The van der Waals surface area contributed by atoms with E-state index in [1.54, 1.807) is 47.9 Å². The number of carbonyl (C=O) groups excluding carboxylic acids is 9. The van der Waals surface area contributed by atoms with Crippen molar-refractivity contribution < 1.29 is 53.5 Å². The molecule has 2 aliphatic heterocycles. The van der Waals surface area contributed by atoms with Crippen LogP contribution in [-0.2, 0) is 51.2 Å². The Hall–Kier alpha value is -6.42. The van der Waals surface area contributed by atoms with Crippen LogP contribution in [0.15, 0.2) is 54.6 Å². The van der Waals surface area contributed by atoms with E-state index in [0.29, 0.717) is 55.0 Å². The highest BCUT2D eigenvalue weighted by Crippen LogP contribution is 2.34. The summed E-state index contributed by atoms with van der Waals surface area (Å²) in [5.74, 6) is -5.24. The maximum Gasteiger partial charge on any atom is 0.315 e. The SMILES string of the molecule is NC(=O)[C@H](CCCCNC(=O)CCCC[C@@H]1SC[C@@H]2NC(=O)N[C@@H]21)NC(=O)CNC(=O)CNC(=O)[C@H](Cc1ccccc1)NC(=O)[C@H](Cc1ccc(O)cc1)NC(=O)C(CC(=O)NO)C1CCCCC1. The molecule has 2 saturated heterocycles. The first-order valence-corrected chi connectivity index (χ1v) is 25.2. The summed E-state index contributed by atoms with van der Waals surface area (Å²) in [5, 5.41) is 41.2. The standard InChI is InChI=1S/C48H68N10O11S/c49-44(64)34(15-9-10-22-50-39(60)17-8-7-16-38-43-37(28-70-38)56-48(68)57-43)53-42(63)27-51-41(62)26-52-46(66)35(23-29-11-3-1-4-12-29)55-47(67)36(24-30-18-20-32(59)21-19-30)54-45(65)33(25-40(61)58-69)31-13-5-2-6-14-31/h1,3-4,11-12,18-21,31,33-38,43,59,69H,2,5-10,13-17,22-28H2,(H2,49,64)(H,50,60)(H,51,62)(H,52,66)(H,53,63)(H,54,65)(H,55,67)(H,58,61)(H2,56,57,68)/t33?,34-,35-,36-,37-,38-,43-/m0/s1. The Balaban J connectivity index is 1.07. The molecule has 2 aromatic rings. The number of urea groups is 1. The highest BCUT2D eigenvalue weighted by atomic mass is 32.2. The zero-order valence-corrected chi connectivity index (χ0v) is 40.1. The number of benzene rings is 2. The van der Waals surface area contributed by atoms with Gasteiger partial charge in [-0.05, 0) is 74.1 Å². The third-order valence-corrected chi connectivity index (χ3v) is 14.4. The number of phenols is 1. The van der Waals surface area contributed by atoms with E-state index in [4.69, 9.17) is 5.73 Å². The van der Waals surface area contributed by atoms with Gasteiger partial charge in [-0.15, -0.1) is 0 Å². The quantitative estimate of drug-likeness (QED) is 0.0240. The summed E-state index contributed by atoms with van der Waals surface area (Å²) in [6, 6.07) is 11.4. The molecule has 10 amide bonds. The number of phenolic OH excluding ortho intramolecular Hbond substituents is 1. The lowest BCUT2D eigenvalue weighted by Gasteiger charge is -2.30. The predicted octanol–water partition coefficient (Wildman–Crippen LogP) is 0.454. The molecule has 3 fully saturated rings. The molecule has 70 heavy (non-hydrogen) atoms. The molecule has 0 bridgehead atoms. The van der Waals surface area contributed by atoms with E-state index < -0.39 is 78.5 Å². The van der Waals surface area contributed by atoms with Gasteiger partial charge in [0.2, 0.25) is 47.3 Å². The Labute approximate surface area is 411 Å². The van der Waals surface area contributed by atoms with Crippen LogP contribution in [-0.4, -0.2) is 124 Å². The third-order valence-electron chi connectivity index (χ3n) is 12.9. The molecule has 0 aromatic heterocycles. The van der Waals surface area contributed by atoms with Crippen LogP contribution in [0.3, 0.4) is 0 Å². The number of amides is 10. The first-order valence-electron chi connectivity index (χ1n) is 24.1. The molecule has 3 aliphatic rings. The average molecular weight is 993 g/mol. The van der Waals surface area contributed by atoms with E-state index >= 15 is 0 Å². The van der Waals surface area contributed by atoms with Gasteiger partial charge in [0, 0.05) is 49.1 Å². The number of nitrogens with two attached hydrogens (primary N) is 1. The monoisotopic (exact) mass is 992 g/mol. The summed E-state index contributed by atoms with van der Waals surface area (Å²) in [4.78, 5) is 116. The van der Waals surface area contributed by atoms with E-state index in [2.05, 4.69) is 42.5 Å². The van der Waals surface area contributed by atoms with Gasteiger partial charge in [0.05, 0.1) is 25.2 Å². The van der Waals surface area contributed by atoms with Crippen LogP contribution in [0, 0.1) is 11.8 Å². The second kappa shape index (κ2) is 28.3. The number of hydrogen-bond acceptors (Lipinski definition) is 12. The molecule has 13 N–H and O–H groups in total. The molecule has 5 rings (SSSR count). The zero-order valence-electron chi connectivity index (χ0n) is 39.3. The lowest BCUT2D eigenvalue weighted by atomic mass is 9.78. The van der Waals surface area contributed by atoms with Crippen LogP contribution in [0.1, 0.15) is 94.6 Å². The lowest BCUT2D eigenvalue weighted by molar-refractivity contribution is -0.138. The molecule has 2 aromatic carbocycles. The molecular formula is C48H68N10O11S. The summed E-state index contributed by atoms with van der Waals surface area (Å²) in [5.41, 5.74) is 8.38. The number of carbonyl (C=O) groups is 9. The van der Waals surface area contributed by atoms with Crippen molar-refractivity contribution in [2.75, 3.05) is 25.4 Å². The van der Waals surface area contributed by atoms with Gasteiger partial charge in [-0.2, -0.15) is 11.8 Å². The number of fused-ring (bicyclic) bond motifs is 1. The topological polar surface area (TPSA) is 328 Å². The summed E-state index contributed by atoms with van der Waals surface area (Å²) >= 11 is 1.83. The van der Waals surface area contributed by atoms with Crippen molar-refractivity contribution in [3.05, 3.63) is 65.7 Å². The maximum atomic E-state index is 14.2. The van der Waals surface area contributed by atoms with Gasteiger partial charge in [-0.1, -0.05) is 68.1 Å². The number of thioether (sulfide) groups is 1. The number of rotatable bonds is 28. The van der Waals surface area contributed by atoms with Crippen LogP contribution in [0.5, 0.6) is 5.75 Å². The Bertz CT molecular complexity index is 2110. The van der Waals surface area contributed by atoms with Gasteiger partial charge < -0.3 is 53.4 Å². The summed E-state index contributed by atoms with van der Waals surface area (Å²) in [7, 11) is 0. The van der Waals surface area contributed by atoms with Gasteiger partial charge in [0.15, 0.2) is 0 Å². The van der Waals surface area contributed by atoms with Crippen molar-refractivity contribution in [2.24, 2.45) is 17.6 Å². The van der Waals surface area contributed by atoms with E-state index in [0.717, 1.165) is 44.3 Å². The Morgan fingerprint density at radius 1 is 0.686 bits per heavy atom. The molecule has 22 heteroatoms. The minimum atomic E-state index is -1.25. The smallest absolute Gasteiger partial charge is 0.315 e. The number of unbranched alkanes of at least 4 members (excludes halogenated alkanes) is 2. The largest absolute Gasteiger partial charge is 0.508 e. The average Bonchev–Trinajstić information content (AvgIpc) is 3.91. The second-order valence-corrected chi connectivity index (χ2v) is 19.4. The summed E-state index contributed by atoms with van der Waals surface area (Å²) < 4.78 is 0.